The predicted molar refractivity (Wildman–Crippen MR) is 98.3 cm³/mol. The summed E-state index contributed by atoms with van der Waals surface area (Å²) < 4.78 is 32.4. The topological polar surface area (TPSA) is 119 Å². The van der Waals surface area contributed by atoms with E-state index < -0.39 is 25.5 Å². The monoisotopic (exact) mass is 391 g/mol. The summed E-state index contributed by atoms with van der Waals surface area (Å²) in [4.78, 5) is 23.6. The smallest absolute Gasteiger partial charge is 0.289 e. The molecule has 0 aliphatic carbocycles. The number of fused-ring (bicyclic) bond motifs is 1. The number of nitrogens with one attached hydrogen (secondary N) is 1. The van der Waals surface area contributed by atoms with Gasteiger partial charge in [-0.25, -0.2) is 8.42 Å². The van der Waals surface area contributed by atoms with Gasteiger partial charge in [-0.1, -0.05) is 12.1 Å². The molecule has 0 bridgehead atoms. The molecular formula is C17H17N3O6S. The molecule has 10 heteroatoms. The second-order valence-corrected chi connectivity index (χ2v) is 7.55. The molecular weight excluding hydrogens is 374 g/mol. The third-order valence-electron chi connectivity index (χ3n) is 4.15. The Bertz CT molecular complexity index is 1010. The molecule has 3 rings (SSSR count). The van der Waals surface area contributed by atoms with Crippen LogP contribution < -0.4 is 9.62 Å². The largest absolute Gasteiger partial charge is 0.375 e. The lowest BCUT2D eigenvalue weighted by Crippen LogP contribution is -2.31. The van der Waals surface area contributed by atoms with Crippen LogP contribution in [-0.4, -0.2) is 39.5 Å². The predicted octanol–water partition coefficient (Wildman–Crippen LogP) is 1.93. The number of methoxy groups -OCH3 is 1. The highest BCUT2D eigenvalue weighted by atomic mass is 32.2. The van der Waals surface area contributed by atoms with E-state index in [1.165, 1.54) is 31.4 Å². The standard InChI is InChI=1S/C17H17N3O6S/c1-26-11-17(21)19-9-8-12-10-13(6-7-14(12)19)18-27(24,25)16-5-3-2-4-15(16)20(22)23/h2-7,10,18H,8-9,11H2,1H3. The third-order valence-corrected chi connectivity index (χ3v) is 5.58. The van der Waals surface area contributed by atoms with Crippen molar-refractivity contribution in [2.75, 3.05) is 29.9 Å². The Kier molecular flexibility index (Phi) is 5.10. The number of nitro groups is 1. The summed E-state index contributed by atoms with van der Waals surface area (Å²) in [5.74, 6) is -0.176. The van der Waals surface area contributed by atoms with Crippen LogP contribution in [-0.2, 0) is 26.0 Å². The minimum absolute atomic E-state index is 0.0362. The van der Waals surface area contributed by atoms with Crippen molar-refractivity contribution in [1.29, 1.82) is 0 Å². The first-order chi connectivity index (χ1) is 12.8. The van der Waals surface area contributed by atoms with Crippen molar-refractivity contribution in [3.63, 3.8) is 0 Å². The maximum absolute atomic E-state index is 12.6. The second kappa shape index (κ2) is 7.33. The van der Waals surface area contributed by atoms with Crippen LogP contribution in [0.3, 0.4) is 0 Å². The van der Waals surface area contributed by atoms with Gasteiger partial charge in [0.25, 0.3) is 21.6 Å². The van der Waals surface area contributed by atoms with Gasteiger partial charge in [0.15, 0.2) is 4.90 Å². The minimum Gasteiger partial charge on any atom is -0.375 e. The molecule has 0 saturated carbocycles. The van der Waals surface area contributed by atoms with E-state index in [0.717, 1.165) is 11.6 Å². The highest BCUT2D eigenvalue weighted by molar-refractivity contribution is 7.92. The molecule has 0 aromatic heterocycles. The molecule has 9 nitrogen and oxygen atoms in total. The van der Waals surface area contributed by atoms with Gasteiger partial charge >= 0.3 is 0 Å². The van der Waals surface area contributed by atoms with Crippen LogP contribution in [0.2, 0.25) is 0 Å². The number of carbonyl (C=O) groups is 1. The fourth-order valence-electron chi connectivity index (χ4n) is 2.97. The van der Waals surface area contributed by atoms with Gasteiger partial charge in [0.1, 0.15) is 6.61 Å². The summed E-state index contributed by atoms with van der Waals surface area (Å²) in [6.07, 6.45) is 0.575. The molecule has 27 heavy (non-hydrogen) atoms. The zero-order valence-electron chi connectivity index (χ0n) is 14.4. The van der Waals surface area contributed by atoms with Gasteiger partial charge in [-0.05, 0) is 36.2 Å². The Morgan fingerprint density at radius 3 is 2.74 bits per heavy atom. The van der Waals surface area contributed by atoms with Crippen molar-refractivity contribution in [3.05, 3.63) is 58.1 Å². The molecule has 0 fully saturated rings. The van der Waals surface area contributed by atoms with Crippen LogP contribution in [0, 0.1) is 10.1 Å². The highest BCUT2D eigenvalue weighted by Crippen LogP contribution is 2.32. The average Bonchev–Trinajstić information content (AvgIpc) is 3.05. The summed E-state index contributed by atoms with van der Waals surface area (Å²) >= 11 is 0. The van der Waals surface area contributed by atoms with Gasteiger partial charge in [0.2, 0.25) is 0 Å². The van der Waals surface area contributed by atoms with Crippen LogP contribution in [0.5, 0.6) is 0 Å². The molecule has 1 heterocycles. The number of anilines is 2. The van der Waals surface area contributed by atoms with Gasteiger partial charge in [0.05, 0.1) is 4.92 Å². The third kappa shape index (κ3) is 3.76. The number of nitro benzene ring substituents is 1. The van der Waals surface area contributed by atoms with E-state index in [-0.39, 0.29) is 18.2 Å². The van der Waals surface area contributed by atoms with Crippen LogP contribution in [0.1, 0.15) is 5.56 Å². The molecule has 1 aliphatic rings. The summed E-state index contributed by atoms with van der Waals surface area (Å²) in [7, 11) is -2.70. The minimum atomic E-state index is -4.14. The first-order valence-corrected chi connectivity index (χ1v) is 9.50. The van der Waals surface area contributed by atoms with E-state index in [1.807, 2.05) is 0 Å². The number of hydrogen-bond acceptors (Lipinski definition) is 6. The van der Waals surface area contributed by atoms with E-state index in [4.69, 9.17) is 4.74 Å². The van der Waals surface area contributed by atoms with Gasteiger partial charge < -0.3 is 9.64 Å². The number of amides is 1. The van der Waals surface area contributed by atoms with Crippen molar-refractivity contribution < 1.29 is 22.9 Å². The van der Waals surface area contributed by atoms with Gasteiger partial charge in [0, 0.05) is 31.1 Å². The normalized spacial score (nSPS) is 13.3. The van der Waals surface area contributed by atoms with Crippen molar-refractivity contribution in [2.24, 2.45) is 0 Å². The molecule has 0 radical (unpaired) electrons. The Morgan fingerprint density at radius 1 is 1.30 bits per heavy atom. The number of hydrogen-bond donors (Lipinski definition) is 1. The van der Waals surface area contributed by atoms with Crippen molar-refractivity contribution in [2.45, 2.75) is 11.3 Å². The SMILES string of the molecule is COCC(=O)N1CCc2cc(NS(=O)(=O)c3ccccc3[N+](=O)[O-])ccc21. The van der Waals surface area contributed by atoms with Gasteiger partial charge in [-0.3, -0.25) is 19.6 Å². The first-order valence-electron chi connectivity index (χ1n) is 8.02. The Balaban J connectivity index is 1.88. The number of nitrogens with zero attached hydrogens (tertiary/aromatic N) is 2. The Hall–Kier alpha value is -2.98. The number of sulfonamides is 1. The molecule has 0 saturated heterocycles. The molecule has 2 aromatic carbocycles. The highest BCUT2D eigenvalue weighted by Gasteiger charge is 2.27. The summed E-state index contributed by atoms with van der Waals surface area (Å²) in [6.45, 7) is 0.448. The lowest BCUT2D eigenvalue weighted by atomic mass is 10.1. The number of carbonyl (C=O) groups excluding carboxylic acids is 1. The number of ether oxygens (including phenoxy) is 1. The number of rotatable bonds is 6. The first kappa shape index (κ1) is 18.8. The molecule has 0 spiro atoms. The molecule has 2 aromatic rings. The van der Waals surface area contributed by atoms with Crippen LogP contribution in [0.25, 0.3) is 0 Å². The van der Waals surface area contributed by atoms with E-state index >= 15 is 0 Å². The second-order valence-electron chi connectivity index (χ2n) is 5.90. The van der Waals surface area contributed by atoms with Gasteiger partial charge in [-0.2, -0.15) is 0 Å². The lowest BCUT2D eigenvalue weighted by molar-refractivity contribution is -0.387. The number of benzene rings is 2. The number of para-hydroxylation sites is 1. The van der Waals surface area contributed by atoms with E-state index in [1.54, 1.807) is 17.0 Å². The fourth-order valence-corrected chi connectivity index (χ4v) is 4.19. The van der Waals surface area contributed by atoms with Crippen LogP contribution in [0.4, 0.5) is 17.1 Å². The molecule has 142 valence electrons. The quantitative estimate of drug-likeness (QED) is 0.594. The Labute approximate surface area is 155 Å². The van der Waals surface area contributed by atoms with E-state index in [2.05, 4.69) is 4.72 Å². The maximum atomic E-state index is 12.6. The van der Waals surface area contributed by atoms with E-state index in [9.17, 15) is 23.3 Å². The molecule has 0 unspecified atom stereocenters. The maximum Gasteiger partial charge on any atom is 0.289 e. The zero-order chi connectivity index (χ0) is 19.6. The molecule has 1 N–H and O–H groups in total. The lowest BCUT2D eigenvalue weighted by Gasteiger charge is -2.17. The summed E-state index contributed by atoms with van der Waals surface area (Å²) in [5.41, 5.74) is 1.28. The van der Waals surface area contributed by atoms with Crippen molar-refractivity contribution in [1.82, 2.24) is 0 Å². The van der Waals surface area contributed by atoms with E-state index in [0.29, 0.717) is 18.7 Å². The molecule has 1 amide bonds. The van der Waals surface area contributed by atoms with Gasteiger partial charge in [-0.15, -0.1) is 0 Å². The fraction of sp³-hybridized carbons (Fsp3) is 0.235. The molecule has 1 aliphatic heterocycles. The Morgan fingerprint density at radius 2 is 2.04 bits per heavy atom. The van der Waals surface area contributed by atoms with Crippen molar-refractivity contribution in [3.8, 4) is 0 Å². The van der Waals surface area contributed by atoms with Crippen LogP contribution in [0.15, 0.2) is 47.4 Å². The van der Waals surface area contributed by atoms with Crippen molar-refractivity contribution >= 4 is 33.0 Å². The summed E-state index contributed by atoms with van der Waals surface area (Å²) in [5, 5.41) is 11.1. The van der Waals surface area contributed by atoms with Crippen LogP contribution >= 0.6 is 0 Å². The molecule has 0 atom stereocenters. The summed E-state index contributed by atoms with van der Waals surface area (Å²) in [6, 6.07) is 9.93. The average molecular weight is 391 g/mol. The zero-order valence-corrected chi connectivity index (χ0v) is 15.2.